The molecule has 25 heavy (non-hydrogen) atoms. The molecule has 1 amide bonds. The van der Waals surface area contributed by atoms with Crippen molar-refractivity contribution in [2.45, 2.75) is 53.1 Å². The Labute approximate surface area is 152 Å². The van der Waals surface area contributed by atoms with Gasteiger partial charge in [0.05, 0.1) is 23.2 Å². The van der Waals surface area contributed by atoms with Crippen LogP contribution in [0.5, 0.6) is 0 Å². The molecule has 1 unspecified atom stereocenters. The first-order valence-corrected chi connectivity index (χ1v) is 9.62. The summed E-state index contributed by atoms with van der Waals surface area (Å²) in [5, 5.41) is 16.3. The Bertz CT molecular complexity index is 750. The summed E-state index contributed by atoms with van der Waals surface area (Å²) in [4.78, 5) is 18.2. The zero-order chi connectivity index (χ0) is 18.0. The van der Waals surface area contributed by atoms with Crippen molar-refractivity contribution in [2.75, 3.05) is 13.1 Å². The lowest BCUT2D eigenvalue weighted by Gasteiger charge is -2.22. The van der Waals surface area contributed by atoms with Crippen LogP contribution in [-0.2, 0) is 24.2 Å². The van der Waals surface area contributed by atoms with Crippen LogP contribution < -0.4 is 10.6 Å². The number of rotatable bonds is 5. The Kier molecular flexibility index (Phi) is 5.48. The number of nitrogens with zero attached hydrogens (tertiary/aromatic N) is 4. The van der Waals surface area contributed by atoms with Gasteiger partial charge in [0, 0.05) is 30.9 Å². The van der Waals surface area contributed by atoms with Gasteiger partial charge in [0.2, 0.25) is 5.91 Å². The molecule has 0 aliphatic carbocycles. The van der Waals surface area contributed by atoms with Crippen molar-refractivity contribution in [2.24, 2.45) is 5.92 Å². The Balaban J connectivity index is 1.77. The molecule has 1 aliphatic rings. The molecule has 1 aliphatic heterocycles. The lowest BCUT2D eigenvalue weighted by molar-refractivity contribution is -0.121. The molecule has 2 aromatic heterocycles. The first-order chi connectivity index (χ1) is 12.0. The maximum Gasteiger partial charge on any atom is 0.226 e. The Morgan fingerprint density at radius 2 is 2.12 bits per heavy atom. The fraction of sp³-hybridized carbons (Fsp3) is 0.647. The molecule has 0 bridgehead atoms. The van der Waals surface area contributed by atoms with E-state index in [1.54, 1.807) is 11.3 Å². The van der Waals surface area contributed by atoms with Crippen LogP contribution >= 0.6 is 11.3 Å². The first-order valence-electron chi connectivity index (χ1n) is 8.80. The normalized spacial score (nSPS) is 15.7. The van der Waals surface area contributed by atoms with Crippen LogP contribution in [0.1, 0.15) is 47.1 Å². The fourth-order valence-electron chi connectivity index (χ4n) is 3.17. The zero-order valence-corrected chi connectivity index (χ0v) is 16.1. The summed E-state index contributed by atoms with van der Waals surface area (Å²) in [6, 6.07) is -0.146. The van der Waals surface area contributed by atoms with Gasteiger partial charge in [0.15, 0.2) is 5.82 Å². The molecular weight excluding hydrogens is 336 g/mol. The van der Waals surface area contributed by atoms with Crippen LogP contribution in [0, 0.1) is 19.8 Å². The molecule has 3 rings (SSSR count). The molecule has 0 fully saturated rings. The van der Waals surface area contributed by atoms with Crippen LogP contribution in [0.15, 0.2) is 0 Å². The van der Waals surface area contributed by atoms with Crippen molar-refractivity contribution in [3.8, 4) is 0 Å². The van der Waals surface area contributed by atoms with Gasteiger partial charge < -0.3 is 15.2 Å². The van der Waals surface area contributed by atoms with Crippen LogP contribution in [-0.4, -0.2) is 38.7 Å². The number of carbonyl (C=O) groups excluding carboxylic acids is 1. The summed E-state index contributed by atoms with van der Waals surface area (Å²) >= 11 is 1.63. The summed E-state index contributed by atoms with van der Waals surface area (Å²) in [5.74, 6) is 2.06. The number of aromatic nitrogens is 4. The third-order valence-corrected chi connectivity index (χ3v) is 5.41. The van der Waals surface area contributed by atoms with Crippen molar-refractivity contribution >= 4 is 17.2 Å². The van der Waals surface area contributed by atoms with Gasteiger partial charge in [0.25, 0.3) is 0 Å². The second-order valence-corrected chi connectivity index (χ2v) is 8.24. The number of carbonyl (C=O) groups is 1. The third-order valence-electron chi connectivity index (χ3n) is 4.48. The van der Waals surface area contributed by atoms with E-state index < -0.39 is 0 Å². The minimum absolute atomic E-state index is 0.0174. The first kappa shape index (κ1) is 18.0. The Morgan fingerprint density at radius 3 is 2.80 bits per heavy atom. The van der Waals surface area contributed by atoms with E-state index in [2.05, 4.69) is 44.2 Å². The molecule has 136 valence electrons. The van der Waals surface area contributed by atoms with E-state index in [1.165, 1.54) is 0 Å². The molecule has 2 N–H and O–H groups in total. The minimum atomic E-state index is -0.146. The average molecular weight is 363 g/mol. The molecule has 0 saturated carbocycles. The van der Waals surface area contributed by atoms with Gasteiger partial charge in [-0.15, -0.1) is 21.5 Å². The van der Waals surface area contributed by atoms with Crippen molar-refractivity contribution in [1.29, 1.82) is 0 Å². The fourth-order valence-corrected chi connectivity index (χ4v) is 4.00. The summed E-state index contributed by atoms with van der Waals surface area (Å²) in [5.41, 5.74) is 0.867. The smallest absolute Gasteiger partial charge is 0.226 e. The number of hydrogen-bond acceptors (Lipinski definition) is 6. The molecule has 3 heterocycles. The molecule has 0 aromatic carbocycles. The minimum Gasteiger partial charge on any atom is -0.345 e. The van der Waals surface area contributed by atoms with Gasteiger partial charge in [0.1, 0.15) is 5.82 Å². The lowest BCUT2D eigenvalue weighted by atomic mass is 10.0. The van der Waals surface area contributed by atoms with Gasteiger partial charge in [-0.1, -0.05) is 13.8 Å². The number of nitrogens with one attached hydrogen (secondary N) is 2. The second kappa shape index (κ2) is 7.61. The van der Waals surface area contributed by atoms with Crippen LogP contribution in [0.4, 0.5) is 0 Å². The summed E-state index contributed by atoms with van der Waals surface area (Å²) in [6.45, 7) is 10.8. The molecule has 8 heteroatoms. The molecule has 0 spiro atoms. The van der Waals surface area contributed by atoms with Gasteiger partial charge in [-0.05, 0) is 19.8 Å². The van der Waals surface area contributed by atoms with Crippen molar-refractivity contribution < 1.29 is 4.79 Å². The van der Waals surface area contributed by atoms with Crippen LogP contribution in [0.2, 0.25) is 0 Å². The number of amides is 1. The van der Waals surface area contributed by atoms with Crippen molar-refractivity contribution in [3.05, 3.63) is 27.2 Å². The molecule has 2 aromatic rings. The summed E-state index contributed by atoms with van der Waals surface area (Å²) in [7, 11) is 0. The predicted molar refractivity (Wildman–Crippen MR) is 97.6 cm³/mol. The van der Waals surface area contributed by atoms with Gasteiger partial charge >= 0.3 is 0 Å². The monoisotopic (exact) mass is 362 g/mol. The third kappa shape index (κ3) is 4.07. The number of hydrogen-bond donors (Lipinski definition) is 2. The Hall–Kier alpha value is -1.80. The molecule has 0 saturated heterocycles. The maximum atomic E-state index is 12.6. The highest BCUT2D eigenvalue weighted by Gasteiger charge is 2.26. The van der Waals surface area contributed by atoms with Gasteiger partial charge in [-0.2, -0.15) is 0 Å². The van der Waals surface area contributed by atoms with E-state index in [9.17, 15) is 4.79 Å². The molecule has 7 nitrogen and oxygen atoms in total. The Morgan fingerprint density at radius 1 is 1.32 bits per heavy atom. The van der Waals surface area contributed by atoms with Crippen molar-refractivity contribution in [3.63, 3.8) is 0 Å². The average Bonchev–Trinajstić information content (AvgIpc) is 2.98. The summed E-state index contributed by atoms with van der Waals surface area (Å²) in [6.07, 6.45) is 1.17. The molecular formula is C17H26N6OS. The van der Waals surface area contributed by atoms with Crippen LogP contribution in [0.25, 0.3) is 0 Å². The standard InChI is InChI=1S/C17H26N6OS/c1-10(2)16(17-22-21-14-5-6-18-7-8-23(14)17)20-15(24)9-13-11(3)25-12(4)19-13/h10,16,18H,5-9H2,1-4H3,(H,20,24). The van der Waals surface area contributed by atoms with E-state index in [4.69, 9.17) is 0 Å². The highest BCUT2D eigenvalue weighted by Crippen LogP contribution is 2.23. The van der Waals surface area contributed by atoms with Gasteiger partial charge in [-0.25, -0.2) is 4.98 Å². The van der Waals surface area contributed by atoms with Crippen LogP contribution in [0.3, 0.4) is 0 Å². The van der Waals surface area contributed by atoms with E-state index in [0.717, 1.165) is 53.3 Å². The lowest BCUT2D eigenvalue weighted by Crippen LogP contribution is -2.35. The highest BCUT2D eigenvalue weighted by molar-refractivity contribution is 7.11. The largest absolute Gasteiger partial charge is 0.345 e. The highest BCUT2D eigenvalue weighted by atomic mass is 32.1. The number of aryl methyl sites for hydroxylation is 2. The maximum absolute atomic E-state index is 12.6. The molecule has 0 radical (unpaired) electrons. The van der Waals surface area contributed by atoms with E-state index >= 15 is 0 Å². The van der Waals surface area contributed by atoms with Gasteiger partial charge in [-0.3, -0.25) is 4.79 Å². The van der Waals surface area contributed by atoms with Crippen molar-refractivity contribution in [1.82, 2.24) is 30.4 Å². The number of fused-ring (bicyclic) bond motifs is 1. The number of thiazole rings is 1. The predicted octanol–water partition coefficient (Wildman–Crippen LogP) is 1.55. The van der Waals surface area contributed by atoms with E-state index in [1.807, 2.05) is 13.8 Å². The second-order valence-electron chi connectivity index (χ2n) is 6.83. The quantitative estimate of drug-likeness (QED) is 0.843. The zero-order valence-electron chi connectivity index (χ0n) is 15.3. The topological polar surface area (TPSA) is 84.7 Å². The van der Waals surface area contributed by atoms with E-state index in [-0.39, 0.29) is 17.9 Å². The van der Waals surface area contributed by atoms with E-state index in [0.29, 0.717) is 6.42 Å². The SMILES string of the molecule is Cc1nc(CC(=O)NC(c2nnc3n2CCNCC3)C(C)C)c(C)s1. The molecule has 1 atom stereocenters. The summed E-state index contributed by atoms with van der Waals surface area (Å²) < 4.78 is 2.16.